The molecule has 4 heteroatoms. The van der Waals surface area contributed by atoms with Crippen molar-refractivity contribution in [3.8, 4) is 5.75 Å². The van der Waals surface area contributed by atoms with Crippen molar-refractivity contribution in [1.82, 2.24) is 4.90 Å². The predicted molar refractivity (Wildman–Crippen MR) is 94.3 cm³/mol. The third-order valence-electron chi connectivity index (χ3n) is 5.00. The summed E-state index contributed by atoms with van der Waals surface area (Å²) in [7, 11) is 0. The van der Waals surface area contributed by atoms with E-state index in [1.165, 1.54) is 5.56 Å². The molecule has 2 unspecified atom stereocenters. The van der Waals surface area contributed by atoms with E-state index in [1.807, 2.05) is 43.9 Å². The van der Waals surface area contributed by atoms with Crippen LogP contribution in [0, 0.1) is 12.8 Å². The number of benzene rings is 1. The highest BCUT2D eigenvalue weighted by Crippen LogP contribution is 2.39. The van der Waals surface area contributed by atoms with E-state index in [9.17, 15) is 4.79 Å². The van der Waals surface area contributed by atoms with Crippen LogP contribution in [-0.4, -0.2) is 35.3 Å². The molecule has 0 saturated carbocycles. The maximum Gasteiger partial charge on any atom is 0.410 e. The lowest BCUT2D eigenvalue weighted by atomic mass is 9.91. The molecule has 0 radical (unpaired) electrons. The number of hydrogen-bond acceptors (Lipinski definition) is 3. The molecule has 4 nitrogen and oxygen atoms in total. The molecule has 24 heavy (non-hydrogen) atoms. The monoisotopic (exact) mass is 331 g/mol. The lowest BCUT2D eigenvalue weighted by Crippen LogP contribution is -2.49. The molecule has 2 bridgehead atoms. The van der Waals surface area contributed by atoms with Crippen molar-refractivity contribution in [1.29, 1.82) is 0 Å². The average molecular weight is 331 g/mol. The van der Waals surface area contributed by atoms with Crippen molar-refractivity contribution >= 4 is 6.09 Å². The van der Waals surface area contributed by atoms with E-state index >= 15 is 0 Å². The summed E-state index contributed by atoms with van der Waals surface area (Å²) in [5, 5.41) is 0. The average Bonchev–Trinajstić information content (AvgIpc) is 2.76. The molecule has 0 N–H and O–H groups in total. The van der Waals surface area contributed by atoms with Crippen molar-refractivity contribution in [2.45, 2.75) is 71.1 Å². The van der Waals surface area contributed by atoms with E-state index in [4.69, 9.17) is 9.47 Å². The number of rotatable bonds is 3. The molecule has 0 aromatic heterocycles. The Kier molecular flexibility index (Phi) is 4.75. The minimum Gasteiger partial charge on any atom is -0.493 e. The fraction of sp³-hybridized carbons (Fsp3) is 0.650. The Hall–Kier alpha value is -1.71. The summed E-state index contributed by atoms with van der Waals surface area (Å²) in [5.41, 5.74) is 0.744. The highest BCUT2D eigenvalue weighted by atomic mass is 16.6. The van der Waals surface area contributed by atoms with Crippen molar-refractivity contribution in [2.75, 3.05) is 6.61 Å². The molecule has 2 saturated heterocycles. The van der Waals surface area contributed by atoms with Crippen LogP contribution < -0.4 is 4.74 Å². The SMILES string of the molecule is Cc1ccccc1OCC1CC2CCC(C1)N2C(=O)OC(C)(C)C. The third kappa shape index (κ3) is 3.85. The van der Waals surface area contributed by atoms with Crippen LogP contribution in [0.1, 0.15) is 52.0 Å². The second-order valence-electron chi connectivity index (χ2n) is 8.19. The standard InChI is InChI=1S/C20H29NO3/c1-14-7-5-6-8-18(14)23-13-15-11-16-9-10-17(12-15)21(16)19(22)24-20(2,3)4/h5-8,15-17H,9-13H2,1-4H3. The summed E-state index contributed by atoms with van der Waals surface area (Å²) in [6.45, 7) is 8.59. The van der Waals surface area contributed by atoms with E-state index in [0.717, 1.165) is 38.0 Å². The van der Waals surface area contributed by atoms with Gasteiger partial charge in [-0.25, -0.2) is 4.79 Å². The Morgan fingerprint density at radius 2 is 1.79 bits per heavy atom. The highest BCUT2D eigenvalue weighted by molar-refractivity contribution is 5.69. The van der Waals surface area contributed by atoms with Gasteiger partial charge in [-0.05, 0) is 70.9 Å². The molecule has 1 amide bonds. The van der Waals surface area contributed by atoms with E-state index in [2.05, 4.69) is 13.0 Å². The van der Waals surface area contributed by atoms with Gasteiger partial charge in [-0.1, -0.05) is 18.2 Å². The molecule has 1 aromatic rings. The van der Waals surface area contributed by atoms with E-state index < -0.39 is 5.60 Å². The molecule has 132 valence electrons. The number of para-hydroxylation sites is 1. The van der Waals surface area contributed by atoms with Crippen LogP contribution in [-0.2, 0) is 4.74 Å². The van der Waals surface area contributed by atoms with Gasteiger partial charge in [-0.15, -0.1) is 0 Å². The first-order valence-electron chi connectivity index (χ1n) is 9.03. The molecule has 2 aliphatic rings. The zero-order chi connectivity index (χ0) is 17.3. The Morgan fingerprint density at radius 3 is 2.38 bits per heavy atom. The first-order chi connectivity index (χ1) is 11.3. The zero-order valence-corrected chi connectivity index (χ0v) is 15.2. The maximum atomic E-state index is 12.5. The van der Waals surface area contributed by atoms with Crippen LogP contribution in [0.2, 0.25) is 0 Å². The molecule has 2 aliphatic heterocycles. The van der Waals surface area contributed by atoms with Crippen LogP contribution in [0.15, 0.2) is 24.3 Å². The summed E-state index contributed by atoms with van der Waals surface area (Å²) in [4.78, 5) is 14.5. The second kappa shape index (κ2) is 6.66. The van der Waals surface area contributed by atoms with Crippen LogP contribution in [0.4, 0.5) is 4.79 Å². The van der Waals surface area contributed by atoms with E-state index in [1.54, 1.807) is 0 Å². The van der Waals surface area contributed by atoms with Gasteiger partial charge in [0.05, 0.1) is 6.61 Å². The molecule has 2 heterocycles. The number of carbonyl (C=O) groups excluding carboxylic acids is 1. The number of amides is 1. The van der Waals surface area contributed by atoms with Crippen molar-refractivity contribution in [3.63, 3.8) is 0 Å². The summed E-state index contributed by atoms with van der Waals surface area (Å²) in [6, 6.07) is 8.76. The summed E-state index contributed by atoms with van der Waals surface area (Å²) < 4.78 is 11.6. The fourth-order valence-corrected chi connectivity index (χ4v) is 3.96. The number of fused-ring (bicyclic) bond motifs is 2. The van der Waals surface area contributed by atoms with Gasteiger partial charge in [0.2, 0.25) is 0 Å². The van der Waals surface area contributed by atoms with Gasteiger partial charge in [0.1, 0.15) is 11.4 Å². The van der Waals surface area contributed by atoms with Gasteiger partial charge in [0.25, 0.3) is 0 Å². The summed E-state index contributed by atoms with van der Waals surface area (Å²) in [6.07, 6.45) is 4.06. The normalized spacial score (nSPS) is 26.3. The van der Waals surface area contributed by atoms with Crippen molar-refractivity contribution in [3.05, 3.63) is 29.8 Å². The van der Waals surface area contributed by atoms with Gasteiger partial charge >= 0.3 is 6.09 Å². The molecule has 3 rings (SSSR count). The molecule has 2 atom stereocenters. The fourth-order valence-electron chi connectivity index (χ4n) is 3.96. The lowest BCUT2D eigenvalue weighted by molar-refractivity contribution is -0.000972. The Labute approximate surface area is 145 Å². The number of carbonyl (C=O) groups is 1. The Morgan fingerprint density at radius 1 is 1.17 bits per heavy atom. The number of hydrogen-bond donors (Lipinski definition) is 0. The van der Waals surface area contributed by atoms with Crippen LogP contribution >= 0.6 is 0 Å². The second-order valence-corrected chi connectivity index (χ2v) is 8.19. The van der Waals surface area contributed by atoms with Crippen molar-refractivity contribution < 1.29 is 14.3 Å². The van der Waals surface area contributed by atoms with E-state index in [0.29, 0.717) is 18.0 Å². The molecular weight excluding hydrogens is 302 g/mol. The molecule has 0 spiro atoms. The molecule has 1 aromatic carbocycles. The minimum absolute atomic E-state index is 0.145. The van der Waals surface area contributed by atoms with Crippen LogP contribution in [0.5, 0.6) is 5.75 Å². The number of nitrogens with zero attached hydrogens (tertiary/aromatic N) is 1. The van der Waals surface area contributed by atoms with Gasteiger partial charge in [-0.2, -0.15) is 0 Å². The van der Waals surface area contributed by atoms with Crippen molar-refractivity contribution in [2.24, 2.45) is 5.92 Å². The molecular formula is C20H29NO3. The first-order valence-corrected chi connectivity index (χ1v) is 9.03. The molecule has 2 fully saturated rings. The predicted octanol–water partition coefficient (Wildman–Crippen LogP) is 4.55. The van der Waals surface area contributed by atoms with Gasteiger partial charge in [0.15, 0.2) is 0 Å². The lowest BCUT2D eigenvalue weighted by Gasteiger charge is -2.39. The van der Waals surface area contributed by atoms with Crippen LogP contribution in [0.25, 0.3) is 0 Å². The van der Waals surface area contributed by atoms with Gasteiger partial charge < -0.3 is 14.4 Å². The Bertz CT molecular complexity index is 579. The first kappa shape index (κ1) is 17.1. The number of aryl methyl sites for hydroxylation is 1. The minimum atomic E-state index is -0.429. The van der Waals surface area contributed by atoms with E-state index in [-0.39, 0.29) is 6.09 Å². The maximum absolute atomic E-state index is 12.5. The third-order valence-corrected chi connectivity index (χ3v) is 5.00. The quantitative estimate of drug-likeness (QED) is 0.815. The van der Waals surface area contributed by atoms with Gasteiger partial charge in [-0.3, -0.25) is 0 Å². The number of piperidine rings is 1. The number of ether oxygens (including phenoxy) is 2. The molecule has 0 aliphatic carbocycles. The topological polar surface area (TPSA) is 38.8 Å². The summed E-state index contributed by atoms with van der Waals surface area (Å²) in [5.74, 6) is 1.49. The van der Waals surface area contributed by atoms with Crippen LogP contribution in [0.3, 0.4) is 0 Å². The van der Waals surface area contributed by atoms with Gasteiger partial charge in [0, 0.05) is 12.1 Å². The Balaban J connectivity index is 1.57. The smallest absolute Gasteiger partial charge is 0.410 e. The zero-order valence-electron chi connectivity index (χ0n) is 15.2. The highest BCUT2D eigenvalue weighted by Gasteiger charge is 2.44. The largest absolute Gasteiger partial charge is 0.493 e. The summed E-state index contributed by atoms with van der Waals surface area (Å²) >= 11 is 0.